The Morgan fingerprint density at radius 1 is 1.43 bits per heavy atom. The molecule has 0 atom stereocenters. The van der Waals surface area contributed by atoms with Crippen molar-refractivity contribution >= 4 is 61.5 Å². The van der Waals surface area contributed by atoms with Crippen molar-refractivity contribution < 1.29 is 10.0 Å². The van der Waals surface area contributed by atoms with Gasteiger partial charge in [0.25, 0.3) is 0 Å². The van der Waals surface area contributed by atoms with Crippen LogP contribution in [0.3, 0.4) is 0 Å². The van der Waals surface area contributed by atoms with Crippen molar-refractivity contribution in [3.63, 3.8) is 0 Å². The quantitative estimate of drug-likeness (QED) is 0.789. The lowest BCUT2D eigenvalue weighted by Gasteiger charge is -2.05. The van der Waals surface area contributed by atoms with Crippen LogP contribution < -0.4 is 5.46 Å². The molecule has 0 spiro atoms. The molecule has 1 heterocycles. The molecule has 2 rings (SSSR count). The van der Waals surface area contributed by atoms with Gasteiger partial charge in [-0.15, -0.1) is 11.3 Å². The first-order valence-electron chi connectivity index (χ1n) is 3.82. The summed E-state index contributed by atoms with van der Waals surface area (Å²) in [4.78, 5) is 0. The van der Waals surface area contributed by atoms with Gasteiger partial charge in [-0.1, -0.05) is 11.6 Å². The number of benzene rings is 1. The Kier molecular flexibility index (Phi) is 2.86. The summed E-state index contributed by atoms with van der Waals surface area (Å²) >= 11 is 10.8. The van der Waals surface area contributed by atoms with Gasteiger partial charge < -0.3 is 10.0 Å². The van der Waals surface area contributed by atoms with Gasteiger partial charge in [-0.2, -0.15) is 0 Å². The highest BCUT2D eigenvalue weighted by molar-refractivity contribution is 9.10. The standard InChI is InChI=1S/C8H5BBrClO2S/c10-7-5(9(12)13)3-6-4(8(7)11)1-2-14-6/h1-3,12-13H. The van der Waals surface area contributed by atoms with Crippen LogP contribution in [-0.2, 0) is 0 Å². The Labute approximate surface area is 98.4 Å². The lowest BCUT2D eigenvalue weighted by molar-refractivity contribution is 0.425. The van der Waals surface area contributed by atoms with Gasteiger partial charge in [0.15, 0.2) is 0 Å². The maximum atomic E-state index is 9.10. The van der Waals surface area contributed by atoms with Crippen LogP contribution in [-0.4, -0.2) is 17.2 Å². The molecular formula is C8H5BBrClO2S. The highest BCUT2D eigenvalue weighted by atomic mass is 79.9. The summed E-state index contributed by atoms with van der Waals surface area (Å²) in [6.07, 6.45) is 0. The summed E-state index contributed by atoms with van der Waals surface area (Å²) in [6.45, 7) is 0. The van der Waals surface area contributed by atoms with E-state index < -0.39 is 7.12 Å². The predicted octanol–water partition coefficient (Wildman–Crippen LogP) is 2.00. The largest absolute Gasteiger partial charge is 0.489 e. The van der Waals surface area contributed by atoms with Crippen LogP contribution in [0.1, 0.15) is 0 Å². The SMILES string of the molecule is OB(O)c1cc2sccc2c(Cl)c1Br. The van der Waals surface area contributed by atoms with E-state index in [1.807, 2.05) is 11.4 Å². The topological polar surface area (TPSA) is 40.5 Å². The van der Waals surface area contributed by atoms with Crippen molar-refractivity contribution in [3.05, 3.63) is 27.0 Å². The molecule has 0 aliphatic heterocycles. The average Bonchev–Trinajstić information content (AvgIpc) is 2.58. The summed E-state index contributed by atoms with van der Waals surface area (Å²) in [5.41, 5.74) is 0.393. The van der Waals surface area contributed by atoms with E-state index in [-0.39, 0.29) is 0 Å². The minimum absolute atomic E-state index is 0.393. The number of fused-ring (bicyclic) bond motifs is 1. The molecule has 6 heteroatoms. The fraction of sp³-hybridized carbons (Fsp3) is 0. The van der Waals surface area contributed by atoms with Gasteiger partial charge in [0.2, 0.25) is 0 Å². The summed E-state index contributed by atoms with van der Waals surface area (Å²) in [6, 6.07) is 3.63. The molecule has 0 saturated carbocycles. The normalized spacial score (nSPS) is 10.9. The maximum absolute atomic E-state index is 9.10. The minimum Gasteiger partial charge on any atom is -0.423 e. The summed E-state index contributed by atoms with van der Waals surface area (Å²) in [5.74, 6) is 0. The second kappa shape index (κ2) is 3.83. The molecule has 1 aromatic carbocycles. The molecule has 0 saturated heterocycles. The second-order valence-corrected chi connectivity index (χ2v) is 4.92. The first-order chi connectivity index (χ1) is 6.61. The Morgan fingerprint density at radius 2 is 2.14 bits per heavy atom. The average molecular weight is 291 g/mol. The van der Waals surface area contributed by atoms with Crippen molar-refractivity contribution in [2.75, 3.05) is 0 Å². The van der Waals surface area contributed by atoms with E-state index in [2.05, 4.69) is 15.9 Å². The second-order valence-electron chi connectivity index (χ2n) is 2.80. The highest BCUT2D eigenvalue weighted by Gasteiger charge is 2.19. The molecule has 0 unspecified atom stereocenters. The van der Waals surface area contributed by atoms with E-state index in [4.69, 9.17) is 21.6 Å². The van der Waals surface area contributed by atoms with Crippen molar-refractivity contribution in [3.8, 4) is 0 Å². The number of rotatable bonds is 1. The van der Waals surface area contributed by atoms with Crippen molar-refractivity contribution in [2.24, 2.45) is 0 Å². The van der Waals surface area contributed by atoms with Crippen LogP contribution in [0, 0.1) is 0 Å². The molecule has 72 valence electrons. The van der Waals surface area contributed by atoms with Crippen LogP contribution in [0.2, 0.25) is 5.02 Å². The third-order valence-corrected chi connectivity index (χ3v) is 4.28. The summed E-state index contributed by atoms with van der Waals surface area (Å²) in [7, 11) is -1.51. The molecule has 0 bridgehead atoms. The molecule has 0 aliphatic rings. The number of halogens is 2. The van der Waals surface area contributed by atoms with Crippen LogP contribution in [0.15, 0.2) is 22.0 Å². The van der Waals surface area contributed by atoms with Gasteiger partial charge in [-0.05, 0) is 38.9 Å². The molecule has 0 aliphatic carbocycles. The first-order valence-corrected chi connectivity index (χ1v) is 5.87. The zero-order chi connectivity index (χ0) is 10.3. The van der Waals surface area contributed by atoms with Crippen LogP contribution in [0.5, 0.6) is 0 Å². The van der Waals surface area contributed by atoms with E-state index in [9.17, 15) is 0 Å². The van der Waals surface area contributed by atoms with E-state index in [0.29, 0.717) is 15.0 Å². The Bertz CT molecular complexity index is 485. The van der Waals surface area contributed by atoms with Crippen LogP contribution in [0.4, 0.5) is 0 Å². The molecule has 0 fully saturated rings. The van der Waals surface area contributed by atoms with Crippen LogP contribution >= 0.6 is 38.9 Å². The maximum Gasteiger partial charge on any atom is 0.489 e. The van der Waals surface area contributed by atoms with E-state index in [0.717, 1.165) is 10.1 Å². The third-order valence-electron chi connectivity index (χ3n) is 1.94. The lowest BCUT2D eigenvalue weighted by Crippen LogP contribution is -2.31. The molecular weight excluding hydrogens is 286 g/mol. The van der Waals surface area contributed by atoms with Gasteiger partial charge in [0.05, 0.1) is 5.02 Å². The number of hydrogen-bond donors (Lipinski definition) is 2. The van der Waals surface area contributed by atoms with Crippen molar-refractivity contribution in [2.45, 2.75) is 0 Å². The van der Waals surface area contributed by atoms with Gasteiger partial charge in [-0.3, -0.25) is 0 Å². The first kappa shape index (κ1) is 10.5. The Hall–Kier alpha value is -0.0651. The number of thiophene rings is 1. The van der Waals surface area contributed by atoms with E-state index in [1.54, 1.807) is 6.07 Å². The van der Waals surface area contributed by atoms with E-state index in [1.165, 1.54) is 11.3 Å². The zero-order valence-electron chi connectivity index (χ0n) is 6.87. The molecule has 2 N–H and O–H groups in total. The van der Waals surface area contributed by atoms with E-state index >= 15 is 0 Å². The molecule has 14 heavy (non-hydrogen) atoms. The molecule has 2 aromatic rings. The monoisotopic (exact) mass is 290 g/mol. The van der Waals surface area contributed by atoms with Gasteiger partial charge in [-0.25, -0.2) is 0 Å². The van der Waals surface area contributed by atoms with Crippen molar-refractivity contribution in [1.29, 1.82) is 0 Å². The van der Waals surface area contributed by atoms with Crippen LogP contribution in [0.25, 0.3) is 10.1 Å². The lowest BCUT2D eigenvalue weighted by atomic mass is 9.80. The van der Waals surface area contributed by atoms with Gasteiger partial charge in [0.1, 0.15) is 0 Å². The van der Waals surface area contributed by atoms with Gasteiger partial charge in [0, 0.05) is 14.6 Å². The molecule has 2 nitrogen and oxygen atoms in total. The summed E-state index contributed by atoms with van der Waals surface area (Å²) < 4.78 is 1.49. The number of hydrogen-bond acceptors (Lipinski definition) is 3. The Morgan fingerprint density at radius 3 is 2.79 bits per heavy atom. The zero-order valence-corrected chi connectivity index (χ0v) is 10.0. The highest BCUT2D eigenvalue weighted by Crippen LogP contribution is 2.32. The van der Waals surface area contributed by atoms with Gasteiger partial charge >= 0.3 is 7.12 Å². The summed E-state index contributed by atoms with van der Waals surface area (Å²) in [5, 5.41) is 21.6. The predicted molar refractivity (Wildman–Crippen MR) is 64.4 cm³/mol. The molecule has 0 amide bonds. The molecule has 0 radical (unpaired) electrons. The molecule has 1 aromatic heterocycles. The smallest absolute Gasteiger partial charge is 0.423 e. The Balaban J connectivity index is 2.80. The minimum atomic E-state index is -1.51. The fourth-order valence-electron chi connectivity index (χ4n) is 1.25. The van der Waals surface area contributed by atoms with Crippen molar-refractivity contribution in [1.82, 2.24) is 0 Å². The third kappa shape index (κ3) is 1.59. The fourth-order valence-corrected chi connectivity index (χ4v) is 2.96.